The van der Waals surface area contributed by atoms with Gasteiger partial charge in [-0.1, -0.05) is 12.2 Å². The number of carboxylic acid groups (broad SMARTS) is 1. The van der Waals surface area contributed by atoms with Crippen molar-refractivity contribution in [3.63, 3.8) is 0 Å². The first kappa shape index (κ1) is 4.56. The minimum Gasteiger partial charge on any atom is -0.477 e. The number of nitrogens with zero attached hydrogens (tertiary/aromatic N) is 1. The highest BCUT2D eigenvalue weighted by molar-refractivity contribution is 5.86. The van der Waals surface area contributed by atoms with Gasteiger partial charge in [-0.2, -0.15) is 0 Å². The van der Waals surface area contributed by atoms with Gasteiger partial charge in [-0.15, -0.1) is 0 Å². The Morgan fingerprint density at radius 1 is 2.00 bits per heavy atom. The first-order valence-electron chi connectivity index (χ1n) is 4.47. The summed E-state index contributed by atoms with van der Waals surface area (Å²) in [5.41, 5.74) is -0.191. The van der Waals surface area contributed by atoms with Crippen LogP contribution in [0.2, 0.25) is 0 Å². The first-order valence-corrected chi connectivity index (χ1v) is 2.97. The van der Waals surface area contributed by atoms with Gasteiger partial charge in [0.25, 0.3) is 0 Å². The maximum absolute atomic E-state index is 10.6. The second kappa shape index (κ2) is 3.21. The SMILES string of the molecule is [2H]C([2H])([2H])ON1CC=CC=C1C(=O)O. The van der Waals surface area contributed by atoms with Crippen LogP contribution in [0.4, 0.5) is 0 Å². The molecule has 0 aliphatic carbocycles. The molecule has 4 heteroatoms. The summed E-state index contributed by atoms with van der Waals surface area (Å²) in [7, 11) is -2.64. The minimum absolute atomic E-state index is 0.108. The van der Waals surface area contributed by atoms with Gasteiger partial charge in [0.2, 0.25) is 0 Å². The summed E-state index contributed by atoms with van der Waals surface area (Å²) in [6, 6.07) is 0. The largest absolute Gasteiger partial charge is 0.477 e. The first-order chi connectivity index (χ1) is 6.40. The van der Waals surface area contributed by atoms with Crippen molar-refractivity contribution >= 4 is 5.97 Å². The van der Waals surface area contributed by atoms with Gasteiger partial charge in [-0.3, -0.25) is 4.84 Å². The summed E-state index contributed by atoms with van der Waals surface area (Å²) >= 11 is 0. The predicted molar refractivity (Wildman–Crippen MR) is 38.6 cm³/mol. The van der Waals surface area contributed by atoms with Crippen LogP contribution in [0.15, 0.2) is 23.9 Å². The number of allylic oxidation sites excluding steroid dienone is 2. The fourth-order valence-corrected chi connectivity index (χ4v) is 0.762. The van der Waals surface area contributed by atoms with Crippen molar-refractivity contribution < 1.29 is 18.9 Å². The van der Waals surface area contributed by atoms with Crippen LogP contribution in [0.25, 0.3) is 0 Å². The lowest BCUT2D eigenvalue weighted by atomic mass is 10.3. The molecular formula is C7H9NO3. The van der Waals surface area contributed by atoms with Gasteiger partial charge in [-0.05, 0) is 6.08 Å². The van der Waals surface area contributed by atoms with Crippen molar-refractivity contribution in [2.45, 2.75) is 0 Å². The lowest BCUT2D eigenvalue weighted by molar-refractivity contribution is -0.146. The second-order valence-electron chi connectivity index (χ2n) is 1.94. The number of hydrogen-bond acceptors (Lipinski definition) is 3. The highest BCUT2D eigenvalue weighted by Crippen LogP contribution is 2.08. The Hall–Kier alpha value is -1.29. The molecule has 1 aliphatic heterocycles. The summed E-state index contributed by atoms with van der Waals surface area (Å²) in [6.45, 7) is 0.108. The quantitative estimate of drug-likeness (QED) is 0.631. The molecule has 0 saturated heterocycles. The van der Waals surface area contributed by atoms with Crippen molar-refractivity contribution in [3.8, 4) is 0 Å². The Morgan fingerprint density at radius 2 is 2.82 bits per heavy atom. The van der Waals surface area contributed by atoms with Gasteiger partial charge in [0.1, 0.15) is 5.70 Å². The van der Waals surface area contributed by atoms with E-state index in [9.17, 15) is 4.79 Å². The molecule has 0 bridgehead atoms. The third kappa shape index (κ3) is 1.59. The van der Waals surface area contributed by atoms with Crippen LogP contribution < -0.4 is 0 Å². The monoisotopic (exact) mass is 158 g/mol. The fourth-order valence-electron chi connectivity index (χ4n) is 0.762. The summed E-state index contributed by atoms with van der Waals surface area (Å²) in [6.07, 6.45) is 4.40. The molecule has 0 atom stereocenters. The third-order valence-corrected chi connectivity index (χ3v) is 1.26. The van der Waals surface area contributed by atoms with E-state index in [1.54, 1.807) is 6.08 Å². The fraction of sp³-hybridized carbons (Fsp3) is 0.286. The van der Waals surface area contributed by atoms with E-state index in [0.29, 0.717) is 0 Å². The highest BCUT2D eigenvalue weighted by atomic mass is 16.7. The van der Waals surface area contributed by atoms with Gasteiger partial charge < -0.3 is 5.11 Å². The van der Waals surface area contributed by atoms with Crippen LogP contribution in [-0.2, 0) is 9.63 Å². The Morgan fingerprint density at radius 3 is 3.45 bits per heavy atom. The molecule has 60 valence electrons. The molecule has 11 heavy (non-hydrogen) atoms. The van der Waals surface area contributed by atoms with Crippen LogP contribution in [-0.4, -0.2) is 29.7 Å². The number of hydrogen-bond donors (Lipinski definition) is 1. The highest BCUT2D eigenvalue weighted by Gasteiger charge is 2.16. The van der Waals surface area contributed by atoms with Crippen molar-refractivity contribution in [3.05, 3.63) is 23.9 Å². The van der Waals surface area contributed by atoms with E-state index in [2.05, 4.69) is 4.84 Å². The van der Waals surface area contributed by atoms with Gasteiger partial charge in [0, 0.05) is 0 Å². The van der Waals surface area contributed by atoms with E-state index in [-0.39, 0.29) is 12.2 Å². The Kier molecular flexibility index (Phi) is 1.33. The van der Waals surface area contributed by atoms with E-state index >= 15 is 0 Å². The number of rotatable bonds is 2. The van der Waals surface area contributed by atoms with Gasteiger partial charge in [0.05, 0.1) is 17.7 Å². The minimum atomic E-state index is -2.64. The average Bonchev–Trinajstić information content (AvgIpc) is 2.01. The summed E-state index contributed by atoms with van der Waals surface area (Å²) < 4.78 is 20.5. The zero-order chi connectivity index (χ0) is 10.8. The molecule has 1 N–H and O–H groups in total. The Balaban J connectivity index is 2.75. The smallest absolute Gasteiger partial charge is 0.354 e. The zero-order valence-electron chi connectivity index (χ0n) is 8.65. The molecule has 0 amide bonds. The Labute approximate surface area is 68.5 Å². The number of hydroxylamine groups is 2. The van der Waals surface area contributed by atoms with E-state index in [1.165, 1.54) is 12.2 Å². The van der Waals surface area contributed by atoms with Crippen LogP contribution >= 0.6 is 0 Å². The van der Waals surface area contributed by atoms with Gasteiger partial charge in [-0.25, -0.2) is 9.86 Å². The van der Waals surface area contributed by atoms with Gasteiger partial charge >= 0.3 is 5.97 Å². The molecule has 1 heterocycles. The zero-order valence-corrected chi connectivity index (χ0v) is 5.65. The average molecular weight is 158 g/mol. The summed E-state index contributed by atoms with van der Waals surface area (Å²) in [5.74, 6) is -1.22. The molecule has 0 aromatic carbocycles. The van der Waals surface area contributed by atoms with E-state index < -0.39 is 13.0 Å². The van der Waals surface area contributed by atoms with E-state index in [1.807, 2.05) is 0 Å². The molecule has 1 aliphatic rings. The van der Waals surface area contributed by atoms with Crippen LogP contribution in [0, 0.1) is 0 Å². The van der Waals surface area contributed by atoms with E-state index in [0.717, 1.165) is 5.06 Å². The van der Waals surface area contributed by atoms with Crippen molar-refractivity contribution in [1.82, 2.24) is 5.06 Å². The van der Waals surface area contributed by atoms with E-state index in [4.69, 9.17) is 9.22 Å². The molecule has 4 nitrogen and oxygen atoms in total. The molecule has 0 radical (unpaired) electrons. The number of carbonyl (C=O) groups is 1. The summed E-state index contributed by atoms with van der Waals surface area (Å²) in [4.78, 5) is 15.1. The van der Waals surface area contributed by atoms with Crippen molar-refractivity contribution in [2.24, 2.45) is 0 Å². The van der Waals surface area contributed by atoms with Gasteiger partial charge in [0.15, 0.2) is 0 Å². The third-order valence-electron chi connectivity index (χ3n) is 1.26. The lowest BCUT2D eigenvalue weighted by Gasteiger charge is -2.21. The van der Waals surface area contributed by atoms with Crippen molar-refractivity contribution in [2.75, 3.05) is 13.6 Å². The van der Waals surface area contributed by atoms with Crippen molar-refractivity contribution in [1.29, 1.82) is 0 Å². The number of carboxylic acids is 1. The normalized spacial score (nSPS) is 21.6. The molecule has 0 saturated carbocycles. The predicted octanol–water partition coefficient (Wildman–Crippen LogP) is 0.388. The molecule has 1 rings (SSSR count). The topological polar surface area (TPSA) is 49.8 Å². The molecule has 0 aromatic heterocycles. The van der Waals surface area contributed by atoms with Crippen LogP contribution in [0.5, 0.6) is 0 Å². The molecule has 0 unspecified atom stereocenters. The second-order valence-corrected chi connectivity index (χ2v) is 1.94. The number of aliphatic carboxylic acids is 1. The maximum Gasteiger partial charge on any atom is 0.354 e. The lowest BCUT2D eigenvalue weighted by Crippen LogP contribution is -2.28. The molecule has 0 spiro atoms. The maximum atomic E-state index is 10.6. The molecule has 0 fully saturated rings. The van der Waals surface area contributed by atoms with Crippen LogP contribution in [0.1, 0.15) is 4.11 Å². The summed E-state index contributed by atoms with van der Waals surface area (Å²) in [5, 5.41) is 9.53. The molecule has 0 aromatic rings. The van der Waals surface area contributed by atoms with Crippen LogP contribution in [0.3, 0.4) is 0 Å². The standard InChI is InChI=1S/C7H9NO3/c1-11-8-5-3-2-4-6(8)7(9)10/h2-4H,5H2,1H3,(H,9,10)/i1D3. The molecular weight excluding hydrogens is 146 g/mol. The Bertz CT molecular complexity index is 295.